The van der Waals surface area contributed by atoms with E-state index >= 15 is 0 Å². The molecule has 0 amide bonds. The molecule has 2 aromatic rings. The quantitative estimate of drug-likeness (QED) is 0.848. The van der Waals surface area contributed by atoms with Crippen LogP contribution in [0.15, 0.2) is 30.5 Å². The second-order valence-electron chi connectivity index (χ2n) is 2.91. The minimum absolute atomic E-state index is 0.130. The average Bonchev–Trinajstić information content (AvgIpc) is 2.27. The Morgan fingerprint density at radius 2 is 2.06 bits per heavy atom. The number of benzene rings is 1. The number of hydrogen-bond donors (Lipinski definition) is 1. The number of ether oxygens (including phenoxy) is 1. The van der Waals surface area contributed by atoms with Crippen molar-refractivity contribution >= 4 is 40.1 Å². The molecule has 0 bridgehead atoms. The van der Waals surface area contributed by atoms with Gasteiger partial charge in [-0.25, -0.2) is 4.98 Å². The van der Waals surface area contributed by atoms with E-state index in [9.17, 15) is 0 Å². The van der Waals surface area contributed by atoms with Crippen LogP contribution in [0, 0.1) is 3.57 Å². The maximum atomic E-state index is 5.89. The fourth-order valence-corrected chi connectivity index (χ4v) is 1.69. The third kappa shape index (κ3) is 2.53. The molecule has 0 atom stereocenters. The molecule has 0 spiro atoms. The zero-order chi connectivity index (χ0) is 11.5. The smallest absolute Gasteiger partial charge is 0.243 e. The summed E-state index contributed by atoms with van der Waals surface area (Å²) in [6, 6.07) is 7.55. The van der Waals surface area contributed by atoms with E-state index in [4.69, 9.17) is 22.1 Å². The number of aromatic nitrogens is 2. The number of nitrogens with zero attached hydrogens (tertiary/aromatic N) is 2. The molecular formula is C10H7ClIN3O. The van der Waals surface area contributed by atoms with E-state index in [1.807, 2.05) is 24.3 Å². The minimum Gasteiger partial charge on any atom is -0.436 e. The van der Waals surface area contributed by atoms with Crippen LogP contribution in [0.2, 0.25) is 5.02 Å². The van der Waals surface area contributed by atoms with Crippen molar-refractivity contribution in [3.8, 4) is 11.6 Å². The first-order chi connectivity index (χ1) is 7.66. The number of hydrogen-bond acceptors (Lipinski definition) is 4. The first-order valence-electron chi connectivity index (χ1n) is 4.37. The van der Waals surface area contributed by atoms with Crippen LogP contribution in [0.1, 0.15) is 0 Å². The van der Waals surface area contributed by atoms with Crippen molar-refractivity contribution < 1.29 is 4.74 Å². The van der Waals surface area contributed by atoms with Crippen molar-refractivity contribution in [3.05, 3.63) is 39.1 Å². The first-order valence-corrected chi connectivity index (χ1v) is 5.83. The van der Waals surface area contributed by atoms with Crippen LogP contribution in [0.3, 0.4) is 0 Å². The molecule has 82 valence electrons. The number of nitrogen functional groups attached to an aromatic ring is 1. The summed E-state index contributed by atoms with van der Waals surface area (Å²) in [6.45, 7) is 0. The summed E-state index contributed by atoms with van der Waals surface area (Å²) in [5.74, 6) is 1.08. The lowest BCUT2D eigenvalue weighted by Crippen LogP contribution is -1.97. The van der Waals surface area contributed by atoms with E-state index in [-0.39, 0.29) is 11.8 Å². The molecule has 0 saturated carbocycles. The topological polar surface area (TPSA) is 61.0 Å². The SMILES string of the molecule is Nc1ncc(Cl)c(Oc2ccccc2I)n1. The average molecular weight is 348 g/mol. The lowest BCUT2D eigenvalue weighted by atomic mass is 10.3. The highest BCUT2D eigenvalue weighted by Crippen LogP contribution is 2.29. The van der Waals surface area contributed by atoms with Gasteiger partial charge in [-0.3, -0.25) is 0 Å². The van der Waals surface area contributed by atoms with Crippen molar-refractivity contribution in [1.29, 1.82) is 0 Å². The van der Waals surface area contributed by atoms with Crippen molar-refractivity contribution in [2.45, 2.75) is 0 Å². The number of nitrogens with two attached hydrogens (primary N) is 1. The summed E-state index contributed by atoms with van der Waals surface area (Å²) < 4.78 is 6.52. The summed E-state index contributed by atoms with van der Waals surface area (Å²) in [4.78, 5) is 7.67. The van der Waals surface area contributed by atoms with E-state index in [2.05, 4.69) is 32.6 Å². The molecule has 2 rings (SSSR count). The molecule has 16 heavy (non-hydrogen) atoms. The maximum Gasteiger partial charge on any atom is 0.243 e. The molecule has 1 aromatic heterocycles. The number of halogens is 2. The molecule has 0 aliphatic heterocycles. The molecule has 1 heterocycles. The molecule has 0 unspecified atom stereocenters. The summed E-state index contributed by atoms with van der Waals surface area (Å²) >= 11 is 8.06. The molecule has 4 nitrogen and oxygen atoms in total. The monoisotopic (exact) mass is 347 g/mol. The molecule has 0 aliphatic rings. The van der Waals surface area contributed by atoms with Gasteiger partial charge in [0.25, 0.3) is 0 Å². The van der Waals surface area contributed by atoms with Gasteiger partial charge in [-0.05, 0) is 34.7 Å². The fourth-order valence-electron chi connectivity index (χ4n) is 1.07. The predicted octanol–water partition coefficient (Wildman–Crippen LogP) is 3.11. The van der Waals surface area contributed by atoms with Crippen LogP contribution in [-0.4, -0.2) is 9.97 Å². The van der Waals surface area contributed by atoms with Crippen LogP contribution >= 0.6 is 34.2 Å². The van der Waals surface area contributed by atoms with Gasteiger partial charge in [-0.1, -0.05) is 23.7 Å². The normalized spacial score (nSPS) is 10.1. The lowest BCUT2D eigenvalue weighted by molar-refractivity contribution is 0.459. The molecule has 0 saturated heterocycles. The van der Waals surface area contributed by atoms with E-state index < -0.39 is 0 Å². The van der Waals surface area contributed by atoms with Crippen LogP contribution in [-0.2, 0) is 0 Å². The van der Waals surface area contributed by atoms with E-state index in [0.717, 1.165) is 3.57 Å². The summed E-state index contributed by atoms with van der Waals surface area (Å²) in [5.41, 5.74) is 5.46. The van der Waals surface area contributed by atoms with E-state index in [1.165, 1.54) is 6.20 Å². The highest BCUT2D eigenvalue weighted by atomic mass is 127. The van der Waals surface area contributed by atoms with Crippen molar-refractivity contribution in [2.75, 3.05) is 5.73 Å². The molecule has 2 N–H and O–H groups in total. The van der Waals surface area contributed by atoms with E-state index in [1.54, 1.807) is 0 Å². The minimum atomic E-state index is 0.130. The Bertz CT molecular complexity index is 521. The number of rotatable bonds is 2. The fraction of sp³-hybridized carbons (Fsp3) is 0. The number of para-hydroxylation sites is 1. The van der Waals surface area contributed by atoms with Crippen LogP contribution in [0.5, 0.6) is 11.6 Å². The van der Waals surface area contributed by atoms with Gasteiger partial charge in [-0.2, -0.15) is 4.98 Å². The predicted molar refractivity (Wildman–Crippen MR) is 70.7 cm³/mol. The molecule has 0 radical (unpaired) electrons. The maximum absolute atomic E-state index is 5.89. The van der Waals surface area contributed by atoms with Crippen LogP contribution in [0.25, 0.3) is 0 Å². The Balaban J connectivity index is 2.34. The largest absolute Gasteiger partial charge is 0.436 e. The van der Waals surface area contributed by atoms with Gasteiger partial charge in [0.15, 0.2) is 0 Å². The van der Waals surface area contributed by atoms with Gasteiger partial charge in [-0.15, -0.1) is 0 Å². The standard InChI is InChI=1S/C10H7ClIN3O/c11-6-5-14-10(13)15-9(6)16-8-4-2-1-3-7(8)12/h1-5H,(H2,13,14,15). The van der Waals surface area contributed by atoms with Gasteiger partial charge < -0.3 is 10.5 Å². The zero-order valence-electron chi connectivity index (χ0n) is 8.02. The Kier molecular flexibility index (Phi) is 3.45. The Labute approximate surface area is 111 Å². The van der Waals surface area contributed by atoms with Gasteiger partial charge in [0.05, 0.1) is 9.77 Å². The van der Waals surface area contributed by atoms with Crippen LogP contribution < -0.4 is 10.5 Å². The Morgan fingerprint density at radius 3 is 2.81 bits per heavy atom. The van der Waals surface area contributed by atoms with Crippen LogP contribution in [0.4, 0.5) is 5.95 Å². The van der Waals surface area contributed by atoms with Crippen molar-refractivity contribution in [2.24, 2.45) is 0 Å². The summed E-state index contributed by atoms with van der Waals surface area (Å²) in [5, 5.41) is 0.328. The molecule has 0 aliphatic carbocycles. The van der Waals surface area contributed by atoms with Gasteiger partial charge in [0, 0.05) is 0 Å². The highest BCUT2D eigenvalue weighted by molar-refractivity contribution is 14.1. The molecule has 6 heteroatoms. The molecular weight excluding hydrogens is 340 g/mol. The van der Waals surface area contributed by atoms with Gasteiger partial charge >= 0.3 is 0 Å². The van der Waals surface area contributed by atoms with Gasteiger partial charge in [0.1, 0.15) is 10.8 Å². The molecule has 0 fully saturated rings. The zero-order valence-corrected chi connectivity index (χ0v) is 10.9. The summed E-state index contributed by atoms with van der Waals surface area (Å²) in [6.07, 6.45) is 1.41. The van der Waals surface area contributed by atoms with Crippen molar-refractivity contribution in [1.82, 2.24) is 9.97 Å². The van der Waals surface area contributed by atoms with Crippen molar-refractivity contribution in [3.63, 3.8) is 0 Å². The Morgan fingerprint density at radius 1 is 1.31 bits per heavy atom. The van der Waals surface area contributed by atoms with Gasteiger partial charge in [0.2, 0.25) is 11.8 Å². The Hall–Kier alpha value is -1.08. The first kappa shape index (κ1) is 11.4. The molecule has 1 aromatic carbocycles. The second-order valence-corrected chi connectivity index (χ2v) is 4.48. The lowest BCUT2D eigenvalue weighted by Gasteiger charge is -2.07. The third-order valence-electron chi connectivity index (χ3n) is 1.77. The second kappa shape index (κ2) is 4.84. The third-order valence-corrected chi connectivity index (χ3v) is 2.92. The number of anilines is 1. The summed E-state index contributed by atoms with van der Waals surface area (Å²) in [7, 11) is 0. The van der Waals surface area contributed by atoms with E-state index in [0.29, 0.717) is 10.8 Å². The highest BCUT2D eigenvalue weighted by Gasteiger charge is 2.08.